The number of pyridine rings is 1. The van der Waals surface area contributed by atoms with E-state index in [1.165, 1.54) is 5.69 Å². The molecule has 2 aromatic rings. The predicted molar refractivity (Wildman–Crippen MR) is 55.4 cm³/mol. The van der Waals surface area contributed by atoms with Crippen molar-refractivity contribution in [1.29, 1.82) is 0 Å². The minimum atomic E-state index is 0.806. The fourth-order valence-corrected chi connectivity index (χ4v) is 1.57. The van der Waals surface area contributed by atoms with Gasteiger partial charge in [-0.15, -0.1) is 0 Å². The Balaban J connectivity index is 2.17. The number of methoxy groups -OCH3 is 1. The van der Waals surface area contributed by atoms with Gasteiger partial charge < -0.3 is 9.14 Å². The van der Waals surface area contributed by atoms with Gasteiger partial charge in [0.05, 0.1) is 0 Å². The van der Waals surface area contributed by atoms with Crippen LogP contribution in [0.4, 0.5) is 0 Å². The molecule has 74 valence electrons. The van der Waals surface area contributed by atoms with Crippen LogP contribution in [0.15, 0.2) is 30.6 Å². The van der Waals surface area contributed by atoms with E-state index in [1.807, 2.05) is 30.6 Å². The molecule has 2 aromatic heterocycles. The van der Waals surface area contributed by atoms with Crippen molar-refractivity contribution in [2.75, 3.05) is 13.7 Å². The van der Waals surface area contributed by atoms with Crippen LogP contribution in [0.5, 0.6) is 0 Å². The Morgan fingerprint density at radius 3 is 3.21 bits per heavy atom. The standard InChI is InChI=1S/C11H14N2O/c1-14-8-4-5-10-9-12-11-6-2-3-7-13(10)11/h2-3,6-7,9H,4-5,8H2,1H3. The zero-order valence-electron chi connectivity index (χ0n) is 8.31. The first-order chi connectivity index (χ1) is 6.92. The Hall–Kier alpha value is -1.35. The molecule has 0 aliphatic rings. The van der Waals surface area contributed by atoms with Crippen LogP contribution in [-0.4, -0.2) is 23.1 Å². The fraction of sp³-hybridized carbons (Fsp3) is 0.364. The maximum Gasteiger partial charge on any atom is 0.136 e. The molecule has 0 amide bonds. The first-order valence-electron chi connectivity index (χ1n) is 4.82. The fourth-order valence-electron chi connectivity index (χ4n) is 1.57. The highest BCUT2D eigenvalue weighted by molar-refractivity contribution is 5.39. The van der Waals surface area contributed by atoms with Crippen molar-refractivity contribution in [2.45, 2.75) is 12.8 Å². The van der Waals surface area contributed by atoms with Crippen LogP contribution in [-0.2, 0) is 11.2 Å². The van der Waals surface area contributed by atoms with Gasteiger partial charge in [0, 0.05) is 31.8 Å². The molecule has 3 heteroatoms. The summed E-state index contributed by atoms with van der Waals surface area (Å²) in [4.78, 5) is 4.32. The number of hydrogen-bond donors (Lipinski definition) is 0. The molecule has 2 rings (SSSR count). The average molecular weight is 190 g/mol. The third-order valence-electron chi connectivity index (χ3n) is 2.28. The molecule has 0 aliphatic heterocycles. The molecule has 3 nitrogen and oxygen atoms in total. The van der Waals surface area contributed by atoms with Gasteiger partial charge in [-0.2, -0.15) is 0 Å². The molecule has 0 atom stereocenters. The Morgan fingerprint density at radius 2 is 2.36 bits per heavy atom. The van der Waals surface area contributed by atoms with E-state index in [4.69, 9.17) is 4.74 Å². The summed E-state index contributed by atoms with van der Waals surface area (Å²) in [5, 5.41) is 0. The Kier molecular flexibility index (Phi) is 2.79. The molecular weight excluding hydrogens is 176 g/mol. The van der Waals surface area contributed by atoms with Crippen molar-refractivity contribution in [1.82, 2.24) is 9.38 Å². The van der Waals surface area contributed by atoms with Crippen molar-refractivity contribution in [3.05, 3.63) is 36.3 Å². The zero-order valence-corrected chi connectivity index (χ0v) is 8.31. The summed E-state index contributed by atoms with van der Waals surface area (Å²) in [6, 6.07) is 6.04. The van der Waals surface area contributed by atoms with Crippen LogP contribution >= 0.6 is 0 Å². The second kappa shape index (κ2) is 4.24. The summed E-state index contributed by atoms with van der Waals surface area (Å²) in [6.45, 7) is 0.806. The van der Waals surface area contributed by atoms with Crippen molar-refractivity contribution < 1.29 is 4.74 Å². The normalized spacial score (nSPS) is 10.9. The van der Waals surface area contributed by atoms with E-state index in [9.17, 15) is 0 Å². The smallest absolute Gasteiger partial charge is 0.136 e. The van der Waals surface area contributed by atoms with Crippen LogP contribution in [0.1, 0.15) is 12.1 Å². The molecule has 14 heavy (non-hydrogen) atoms. The molecule has 0 N–H and O–H groups in total. The van der Waals surface area contributed by atoms with Crippen LogP contribution in [0, 0.1) is 0 Å². The van der Waals surface area contributed by atoms with Gasteiger partial charge in [-0.25, -0.2) is 4.98 Å². The Morgan fingerprint density at radius 1 is 1.43 bits per heavy atom. The van der Waals surface area contributed by atoms with Crippen LogP contribution < -0.4 is 0 Å². The number of ether oxygens (including phenoxy) is 1. The number of rotatable bonds is 4. The van der Waals surface area contributed by atoms with Gasteiger partial charge in [0.15, 0.2) is 0 Å². The number of hydrogen-bond acceptors (Lipinski definition) is 2. The van der Waals surface area contributed by atoms with Gasteiger partial charge in [-0.05, 0) is 25.0 Å². The second-order valence-electron chi connectivity index (χ2n) is 3.27. The van der Waals surface area contributed by atoms with E-state index >= 15 is 0 Å². The van der Waals surface area contributed by atoms with E-state index in [2.05, 4.69) is 9.38 Å². The predicted octanol–water partition coefficient (Wildman–Crippen LogP) is 1.91. The molecule has 0 aliphatic carbocycles. The van der Waals surface area contributed by atoms with Gasteiger partial charge in [0.1, 0.15) is 5.65 Å². The van der Waals surface area contributed by atoms with E-state index in [0.717, 1.165) is 25.1 Å². The Labute approximate surface area is 83.3 Å². The molecule has 0 aromatic carbocycles. The van der Waals surface area contributed by atoms with Gasteiger partial charge in [-0.3, -0.25) is 0 Å². The van der Waals surface area contributed by atoms with E-state index in [0.29, 0.717) is 0 Å². The lowest BCUT2D eigenvalue weighted by Crippen LogP contribution is -1.96. The Bertz CT molecular complexity index is 408. The van der Waals surface area contributed by atoms with Crippen LogP contribution in [0.25, 0.3) is 5.65 Å². The van der Waals surface area contributed by atoms with Gasteiger partial charge in [0.2, 0.25) is 0 Å². The first-order valence-corrected chi connectivity index (χ1v) is 4.82. The second-order valence-corrected chi connectivity index (χ2v) is 3.27. The molecule has 0 unspecified atom stereocenters. The first kappa shape index (κ1) is 9.21. The molecule has 2 heterocycles. The van der Waals surface area contributed by atoms with E-state index in [-0.39, 0.29) is 0 Å². The highest BCUT2D eigenvalue weighted by Gasteiger charge is 2.00. The number of fused-ring (bicyclic) bond motifs is 1. The summed E-state index contributed by atoms with van der Waals surface area (Å²) in [5.74, 6) is 0. The highest BCUT2D eigenvalue weighted by Crippen LogP contribution is 2.07. The molecular formula is C11H14N2O. The summed E-state index contributed by atoms with van der Waals surface area (Å²) < 4.78 is 7.14. The minimum absolute atomic E-state index is 0.806. The lowest BCUT2D eigenvalue weighted by molar-refractivity contribution is 0.195. The van der Waals surface area contributed by atoms with Crippen molar-refractivity contribution in [3.8, 4) is 0 Å². The third-order valence-corrected chi connectivity index (χ3v) is 2.28. The van der Waals surface area contributed by atoms with Gasteiger partial charge in [-0.1, -0.05) is 6.07 Å². The van der Waals surface area contributed by atoms with Crippen LogP contribution in [0.3, 0.4) is 0 Å². The summed E-state index contributed by atoms with van der Waals surface area (Å²) in [5.41, 5.74) is 2.26. The molecule has 0 bridgehead atoms. The molecule has 0 saturated heterocycles. The summed E-state index contributed by atoms with van der Waals surface area (Å²) in [7, 11) is 1.73. The lowest BCUT2D eigenvalue weighted by Gasteiger charge is -2.00. The number of aromatic nitrogens is 2. The largest absolute Gasteiger partial charge is 0.385 e. The third kappa shape index (κ3) is 1.77. The molecule has 0 saturated carbocycles. The summed E-state index contributed by atoms with van der Waals surface area (Å²) in [6.07, 6.45) is 6.04. The average Bonchev–Trinajstić information content (AvgIpc) is 2.63. The number of nitrogens with zero attached hydrogens (tertiary/aromatic N) is 2. The minimum Gasteiger partial charge on any atom is -0.385 e. The zero-order chi connectivity index (χ0) is 9.80. The quantitative estimate of drug-likeness (QED) is 0.688. The van der Waals surface area contributed by atoms with Crippen molar-refractivity contribution in [3.63, 3.8) is 0 Å². The van der Waals surface area contributed by atoms with Crippen molar-refractivity contribution in [2.24, 2.45) is 0 Å². The summed E-state index contributed by atoms with van der Waals surface area (Å²) >= 11 is 0. The number of aryl methyl sites for hydroxylation is 1. The maximum atomic E-state index is 5.02. The van der Waals surface area contributed by atoms with Gasteiger partial charge in [0.25, 0.3) is 0 Å². The van der Waals surface area contributed by atoms with E-state index in [1.54, 1.807) is 7.11 Å². The van der Waals surface area contributed by atoms with Crippen LogP contribution in [0.2, 0.25) is 0 Å². The molecule has 0 spiro atoms. The van der Waals surface area contributed by atoms with E-state index < -0.39 is 0 Å². The maximum absolute atomic E-state index is 5.02. The molecule has 0 fully saturated rings. The van der Waals surface area contributed by atoms with Gasteiger partial charge >= 0.3 is 0 Å². The number of imidazole rings is 1. The monoisotopic (exact) mass is 190 g/mol. The SMILES string of the molecule is COCCCc1cnc2ccccn12. The topological polar surface area (TPSA) is 26.5 Å². The highest BCUT2D eigenvalue weighted by atomic mass is 16.5. The van der Waals surface area contributed by atoms with Crippen molar-refractivity contribution >= 4 is 5.65 Å². The lowest BCUT2D eigenvalue weighted by atomic mass is 10.2. The molecule has 0 radical (unpaired) electrons.